The molecular formula is C12H8F3NO2S. The van der Waals surface area contributed by atoms with Crippen LogP contribution in [0.5, 0.6) is 0 Å². The van der Waals surface area contributed by atoms with Crippen molar-refractivity contribution in [2.24, 2.45) is 0 Å². The van der Waals surface area contributed by atoms with Gasteiger partial charge in [0.2, 0.25) is 0 Å². The van der Waals surface area contributed by atoms with Gasteiger partial charge in [0, 0.05) is 29.2 Å². The summed E-state index contributed by atoms with van der Waals surface area (Å²) in [5.41, 5.74) is 0.0849. The van der Waals surface area contributed by atoms with Crippen LogP contribution in [0.3, 0.4) is 0 Å². The number of halogens is 3. The molecule has 2 N–H and O–H groups in total. The highest BCUT2D eigenvalue weighted by atomic mass is 32.1. The molecule has 1 aromatic heterocycles. The van der Waals surface area contributed by atoms with E-state index in [-0.39, 0.29) is 17.1 Å². The molecule has 0 aliphatic carbocycles. The Labute approximate surface area is 110 Å². The number of thiophene rings is 1. The van der Waals surface area contributed by atoms with Gasteiger partial charge in [0.1, 0.15) is 4.88 Å². The van der Waals surface area contributed by atoms with Crippen LogP contribution in [0.1, 0.15) is 14.5 Å². The number of anilines is 1. The lowest BCUT2D eigenvalue weighted by Crippen LogP contribution is -2.00. The predicted octanol–water partition coefficient (Wildman–Crippen LogP) is 3.48. The Morgan fingerprint density at radius 2 is 1.84 bits per heavy atom. The maximum absolute atomic E-state index is 12.9. The number of rotatable bonds is 4. The molecule has 0 spiro atoms. The fraction of sp³-hybridized carbons (Fsp3) is 0.0833. The lowest BCUT2D eigenvalue weighted by molar-refractivity contribution is 0.0702. The first-order chi connectivity index (χ1) is 8.97. The highest BCUT2D eigenvalue weighted by Gasteiger charge is 2.11. The second-order valence-electron chi connectivity index (χ2n) is 3.68. The van der Waals surface area contributed by atoms with Crippen molar-refractivity contribution in [1.82, 2.24) is 0 Å². The van der Waals surface area contributed by atoms with Crippen LogP contribution in [0.15, 0.2) is 24.3 Å². The molecule has 0 unspecified atom stereocenters. The van der Waals surface area contributed by atoms with Gasteiger partial charge in [0.15, 0.2) is 17.5 Å². The first-order valence-electron chi connectivity index (χ1n) is 5.18. The summed E-state index contributed by atoms with van der Waals surface area (Å²) in [6.07, 6.45) is 0. The Hall–Kier alpha value is -2.02. The molecule has 1 aromatic carbocycles. The minimum Gasteiger partial charge on any atom is -0.477 e. The molecule has 0 saturated heterocycles. The molecule has 0 aliphatic rings. The van der Waals surface area contributed by atoms with Crippen molar-refractivity contribution in [3.63, 3.8) is 0 Å². The number of hydrogen-bond acceptors (Lipinski definition) is 3. The molecule has 0 radical (unpaired) electrons. The van der Waals surface area contributed by atoms with Crippen molar-refractivity contribution in [3.8, 4) is 0 Å². The topological polar surface area (TPSA) is 49.3 Å². The summed E-state index contributed by atoms with van der Waals surface area (Å²) in [6.45, 7) is 0.197. The van der Waals surface area contributed by atoms with E-state index in [9.17, 15) is 18.0 Å². The molecule has 1 heterocycles. The van der Waals surface area contributed by atoms with Crippen molar-refractivity contribution >= 4 is 23.0 Å². The van der Waals surface area contributed by atoms with Gasteiger partial charge in [-0.1, -0.05) is 0 Å². The highest BCUT2D eigenvalue weighted by molar-refractivity contribution is 7.13. The zero-order valence-electron chi connectivity index (χ0n) is 9.41. The molecular weight excluding hydrogens is 279 g/mol. The van der Waals surface area contributed by atoms with Crippen LogP contribution in [-0.2, 0) is 6.54 Å². The zero-order chi connectivity index (χ0) is 14.0. The second kappa shape index (κ2) is 5.31. The van der Waals surface area contributed by atoms with Crippen LogP contribution in [0, 0.1) is 17.5 Å². The molecule has 2 rings (SSSR count). The second-order valence-corrected chi connectivity index (χ2v) is 4.85. The maximum atomic E-state index is 12.9. The summed E-state index contributed by atoms with van der Waals surface area (Å²) >= 11 is 1.05. The van der Waals surface area contributed by atoms with Gasteiger partial charge in [0.05, 0.1) is 0 Å². The van der Waals surface area contributed by atoms with E-state index in [2.05, 4.69) is 5.32 Å². The summed E-state index contributed by atoms with van der Waals surface area (Å²) < 4.78 is 38.6. The van der Waals surface area contributed by atoms with E-state index in [0.29, 0.717) is 4.88 Å². The summed E-state index contributed by atoms with van der Waals surface area (Å²) in [5.74, 6) is -5.11. The molecule has 0 saturated carbocycles. The van der Waals surface area contributed by atoms with Crippen LogP contribution in [0.4, 0.5) is 18.9 Å². The van der Waals surface area contributed by atoms with E-state index in [0.717, 1.165) is 23.5 Å². The number of carboxylic acids is 1. The fourth-order valence-corrected chi connectivity index (χ4v) is 2.22. The minimum absolute atomic E-state index is 0.0849. The van der Waals surface area contributed by atoms with E-state index in [1.54, 1.807) is 6.07 Å². The Morgan fingerprint density at radius 1 is 1.21 bits per heavy atom. The smallest absolute Gasteiger partial charge is 0.345 e. The lowest BCUT2D eigenvalue weighted by Gasteiger charge is -2.05. The number of nitrogens with one attached hydrogen (secondary N) is 1. The van der Waals surface area contributed by atoms with Crippen molar-refractivity contribution in [3.05, 3.63) is 51.5 Å². The van der Waals surface area contributed by atoms with E-state index in [1.807, 2.05) is 0 Å². The van der Waals surface area contributed by atoms with E-state index >= 15 is 0 Å². The summed E-state index contributed by atoms with van der Waals surface area (Å²) in [5, 5.41) is 11.4. The van der Waals surface area contributed by atoms with Crippen molar-refractivity contribution in [2.45, 2.75) is 6.54 Å². The Morgan fingerprint density at radius 3 is 2.37 bits per heavy atom. The third kappa shape index (κ3) is 3.05. The largest absolute Gasteiger partial charge is 0.477 e. The average Bonchev–Trinajstić information content (AvgIpc) is 2.82. The van der Waals surface area contributed by atoms with Crippen molar-refractivity contribution < 1.29 is 23.1 Å². The first-order valence-corrected chi connectivity index (χ1v) is 5.99. The Kier molecular flexibility index (Phi) is 3.75. The standard InChI is InChI=1S/C12H8F3NO2S/c13-8-3-6(4-9(14)11(8)15)16-5-7-1-2-10(19-7)12(17)18/h1-4,16H,5H2,(H,17,18). The normalized spacial score (nSPS) is 10.5. The van der Waals surface area contributed by atoms with Gasteiger partial charge >= 0.3 is 5.97 Å². The molecule has 3 nitrogen and oxygen atoms in total. The maximum Gasteiger partial charge on any atom is 0.345 e. The number of hydrogen-bond donors (Lipinski definition) is 2. The Bertz CT molecular complexity index is 604. The van der Waals surface area contributed by atoms with Crippen LogP contribution in [-0.4, -0.2) is 11.1 Å². The molecule has 0 amide bonds. The van der Waals surface area contributed by atoms with Crippen molar-refractivity contribution in [2.75, 3.05) is 5.32 Å². The van der Waals surface area contributed by atoms with Gasteiger partial charge in [-0.15, -0.1) is 11.3 Å². The lowest BCUT2D eigenvalue weighted by atomic mass is 10.3. The third-order valence-corrected chi connectivity index (χ3v) is 3.40. The van der Waals surface area contributed by atoms with Gasteiger partial charge in [-0.3, -0.25) is 0 Å². The first kappa shape index (κ1) is 13.4. The quantitative estimate of drug-likeness (QED) is 0.846. The van der Waals surface area contributed by atoms with E-state index in [4.69, 9.17) is 5.11 Å². The van der Waals surface area contributed by atoms with Crippen LogP contribution >= 0.6 is 11.3 Å². The van der Waals surface area contributed by atoms with Gasteiger partial charge in [-0.05, 0) is 12.1 Å². The summed E-state index contributed by atoms with van der Waals surface area (Å²) in [6, 6.07) is 4.71. The minimum atomic E-state index is -1.52. The van der Waals surface area contributed by atoms with E-state index in [1.165, 1.54) is 6.07 Å². The van der Waals surface area contributed by atoms with Gasteiger partial charge in [0.25, 0.3) is 0 Å². The summed E-state index contributed by atoms with van der Waals surface area (Å²) in [7, 11) is 0. The van der Waals surface area contributed by atoms with Crippen LogP contribution in [0.25, 0.3) is 0 Å². The van der Waals surface area contributed by atoms with E-state index < -0.39 is 23.4 Å². The van der Waals surface area contributed by atoms with Crippen LogP contribution < -0.4 is 5.32 Å². The molecule has 0 aliphatic heterocycles. The Balaban J connectivity index is 2.08. The van der Waals surface area contributed by atoms with Crippen molar-refractivity contribution in [1.29, 1.82) is 0 Å². The molecule has 0 atom stereocenters. The monoisotopic (exact) mass is 287 g/mol. The molecule has 0 fully saturated rings. The molecule has 2 aromatic rings. The molecule has 0 bridgehead atoms. The molecule has 100 valence electrons. The van der Waals surface area contributed by atoms with Gasteiger partial charge < -0.3 is 10.4 Å². The van der Waals surface area contributed by atoms with Gasteiger partial charge in [-0.2, -0.15) is 0 Å². The summed E-state index contributed by atoms with van der Waals surface area (Å²) in [4.78, 5) is 11.5. The number of carbonyl (C=O) groups is 1. The van der Waals surface area contributed by atoms with Crippen LogP contribution in [0.2, 0.25) is 0 Å². The zero-order valence-corrected chi connectivity index (χ0v) is 10.2. The van der Waals surface area contributed by atoms with Gasteiger partial charge in [-0.25, -0.2) is 18.0 Å². The third-order valence-electron chi connectivity index (χ3n) is 2.32. The number of aromatic carboxylic acids is 1. The predicted molar refractivity (Wildman–Crippen MR) is 64.9 cm³/mol. The molecule has 19 heavy (non-hydrogen) atoms. The average molecular weight is 287 g/mol. The number of carboxylic acid groups (broad SMARTS) is 1. The number of benzene rings is 1. The highest BCUT2D eigenvalue weighted by Crippen LogP contribution is 2.20. The fourth-order valence-electron chi connectivity index (χ4n) is 1.43. The molecule has 7 heteroatoms. The SMILES string of the molecule is O=C(O)c1ccc(CNc2cc(F)c(F)c(F)c2)s1.